The van der Waals surface area contributed by atoms with Gasteiger partial charge in [-0.1, -0.05) is 26.8 Å². The van der Waals surface area contributed by atoms with Crippen molar-refractivity contribution in [2.24, 2.45) is 17.3 Å². The Bertz CT molecular complexity index is 565. The average molecular weight is 301 g/mol. The normalized spacial score (nSPS) is 25.4. The molecule has 1 fully saturated rings. The van der Waals surface area contributed by atoms with Crippen molar-refractivity contribution in [3.8, 4) is 5.75 Å². The molecule has 2 aliphatic rings. The van der Waals surface area contributed by atoms with Gasteiger partial charge in [0.2, 0.25) is 0 Å². The third-order valence-electron chi connectivity index (χ3n) is 5.52. The topological polar surface area (TPSA) is 40.5 Å². The SMILES string of the molecule is CC(C)(C)C1CCC(CN2Cc3ccc(O)cc3C2=O)CC1. The highest BCUT2D eigenvalue weighted by atomic mass is 16.3. The quantitative estimate of drug-likeness (QED) is 0.889. The average Bonchev–Trinajstić information content (AvgIpc) is 2.75. The smallest absolute Gasteiger partial charge is 0.254 e. The summed E-state index contributed by atoms with van der Waals surface area (Å²) in [6.45, 7) is 8.58. The van der Waals surface area contributed by atoms with E-state index in [4.69, 9.17) is 0 Å². The van der Waals surface area contributed by atoms with Gasteiger partial charge < -0.3 is 10.0 Å². The van der Waals surface area contributed by atoms with Gasteiger partial charge in [0, 0.05) is 18.7 Å². The first-order valence-electron chi connectivity index (χ1n) is 8.46. The lowest BCUT2D eigenvalue weighted by atomic mass is 9.70. The highest BCUT2D eigenvalue weighted by Crippen LogP contribution is 2.40. The maximum atomic E-state index is 12.5. The Morgan fingerprint density at radius 3 is 2.50 bits per heavy atom. The molecule has 1 aliphatic carbocycles. The minimum Gasteiger partial charge on any atom is -0.508 e. The Balaban J connectivity index is 1.59. The van der Waals surface area contributed by atoms with Gasteiger partial charge in [-0.05, 0) is 60.6 Å². The van der Waals surface area contributed by atoms with E-state index in [1.165, 1.54) is 25.7 Å². The maximum Gasteiger partial charge on any atom is 0.254 e. The predicted molar refractivity (Wildman–Crippen MR) is 87.8 cm³/mol. The lowest BCUT2D eigenvalue weighted by Gasteiger charge is -2.38. The van der Waals surface area contributed by atoms with Crippen LogP contribution in [0.25, 0.3) is 0 Å². The second-order valence-electron chi connectivity index (χ2n) is 8.11. The van der Waals surface area contributed by atoms with E-state index >= 15 is 0 Å². The molecule has 1 N–H and O–H groups in total. The number of phenolic OH excluding ortho intramolecular Hbond substituents is 1. The molecule has 0 unspecified atom stereocenters. The van der Waals surface area contributed by atoms with Crippen molar-refractivity contribution in [3.05, 3.63) is 29.3 Å². The summed E-state index contributed by atoms with van der Waals surface area (Å²) in [6, 6.07) is 5.15. The Kier molecular flexibility index (Phi) is 3.92. The zero-order chi connectivity index (χ0) is 15.9. The van der Waals surface area contributed by atoms with Crippen LogP contribution in [0, 0.1) is 17.3 Å². The van der Waals surface area contributed by atoms with Crippen molar-refractivity contribution in [1.82, 2.24) is 4.90 Å². The number of amides is 1. The zero-order valence-corrected chi connectivity index (χ0v) is 13.9. The first-order valence-corrected chi connectivity index (χ1v) is 8.46. The van der Waals surface area contributed by atoms with Gasteiger partial charge in [-0.3, -0.25) is 4.79 Å². The standard InChI is InChI=1S/C19H27NO2/c1-19(2,3)15-7-4-13(5-8-15)11-20-12-14-6-9-16(21)10-17(14)18(20)22/h6,9-10,13,15,21H,4-5,7-8,11-12H2,1-3H3. The molecule has 0 aromatic heterocycles. The summed E-state index contributed by atoms with van der Waals surface area (Å²) in [5, 5.41) is 9.56. The first kappa shape index (κ1) is 15.4. The van der Waals surface area contributed by atoms with Crippen LogP contribution in [-0.4, -0.2) is 22.5 Å². The van der Waals surface area contributed by atoms with Crippen LogP contribution in [0.2, 0.25) is 0 Å². The summed E-state index contributed by atoms with van der Waals surface area (Å²) in [7, 11) is 0. The fourth-order valence-corrected chi connectivity index (χ4v) is 4.02. The number of hydrogen-bond acceptors (Lipinski definition) is 2. The van der Waals surface area contributed by atoms with Gasteiger partial charge >= 0.3 is 0 Å². The molecular weight excluding hydrogens is 274 g/mol. The predicted octanol–water partition coefficient (Wildman–Crippen LogP) is 4.20. The van der Waals surface area contributed by atoms with E-state index < -0.39 is 0 Å². The van der Waals surface area contributed by atoms with Crippen molar-refractivity contribution in [2.75, 3.05) is 6.54 Å². The van der Waals surface area contributed by atoms with E-state index in [1.807, 2.05) is 11.0 Å². The molecule has 1 aromatic rings. The molecule has 1 aromatic carbocycles. The number of phenols is 1. The van der Waals surface area contributed by atoms with Crippen LogP contribution in [0.4, 0.5) is 0 Å². The van der Waals surface area contributed by atoms with Crippen LogP contribution in [-0.2, 0) is 6.54 Å². The van der Waals surface area contributed by atoms with Crippen molar-refractivity contribution < 1.29 is 9.90 Å². The van der Waals surface area contributed by atoms with Crippen molar-refractivity contribution in [2.45, 2.75) is 53.0 Å². The van der Waals surface area contributed by atoms with Gasteiger partial charge in [-0.25, -0.2) is 0 Å². The number of rotatable bonds is 2. The minimum atomic E-state index is 0.0869. The van der Waals surface area contributed by atoms with E-state index in [-0.39, 0.29) is 11.7 Å². The molecule has 3 rings (SSSR count). The number of carbonyl (C=O) groups excluding carboxylic acids is 1. The highest BCUT2D eigenvalue weighted by molar-refractivity contribution is 5.98. The molecule has 3 nitrogen and oxygen atoms in total. The van der Waals surface area contributed by atoms with Gasteiger partial charge in [0.1, 0.15) is 5.75 Å². The van der Waals surface area contributed by atoms with Crippen LogP contribution in [0.3, 0.4) is 0 Å². The van der Waals surface area contributed by atoms with Crippen LogP contribution >= 0.6 is 0 Å². The summed E-state index contributed by atoms with van der Waals surface area (Å²) >= 11 is 0. The molecule has 22 heavy (non-hydrogen) atoms. The van der Waals surface area contributed by atoms with Crippen molar-refractivity contribution in [3.63, 3.8) is 0 Å². The fraction of sp³-hybridized carbons (Fsp3) is 0.632. The molecule has 0 spiro atoms. The highest BCUT2D eigenvalue weighted by Gasteiger charge is 2.33. The van der Waals surface area contributed by atoms with Gasteiger partial charge in [-0.15, -0.1) is 0 Å². The summed E-state index contributed by atoms with van der Waals surface area (Å²) in [5.41, 5.74) is 2.14. The molecule has 1 amide bonds. The van der Waals surface area contributed by atoms with E-state index in [1.54, 1.807) is 12.1 Å². The minimum absolute atomic E-state index is 0.0869. The molecule has 1 aliphatic heterocycles. The maximum absolute atomic E-state index is 12.5. The summed E-state index contributed by atoms with van der Waals surface area (Å²) in [5.74, 6) is 1.71. The first-order chi connectivity index (χ1) is 10.3. The molecule has 1 heterocycles. The number of benzene rings is 1. The van der Waals surface area contributed by atoms with E-state index in [9.17, 15) is 9.90 Å². The Labute approximate surface area is 133 Å². The van der Waals surface area contributed by atoms with Gasteiger partial charge in [0.15, 0.2) is 0 Å². The number of aromatic hydroxyl groups is 1. The summed E-state index contributed by atoms with van der Waals surface area (Å²) in [4.78, 5) is 14.4. The third kappa shape index (κ3) is 2.99. The van der Waals surface area contributed by atoms with Crippen molar-refractivity contribution in [1.29, 1.82) is 0 Å². The number of hydrogen-bond donors (Lipinski definition) is 1. The number of carbonyl (C=O) groups is 1. The molecule has 3 heteroatoms. The molecule has 0 radical (unpaired) electrons. The monoisotopic (exact) mass is 301 g/mol. The molecule has 1 saturated carbocycles. The fourth-order valence-electron chi connectivity index (χ4n) is 4.02. The van der Waals surface area contributed by atoms with Gasteiger partial charge in [-0.2, -0.15) is 0 Å². The number of nitrogens with zero attached hydrogens (tertiary/aromatic N) is 1. The third-order valence-corrected chi connectivity index (χ3v) is 5.52. The summed E-state index contributed by atoms with van der Waals surface area (Å²) in [6.07, 6.45) is 5.02. The number of fused-ring (bicyclic) bond motifs is 1. The molecule has 0 saturated heterocycles. The summed E-state index contributed by atoms with van der Waals surface area (Å²) < 4.78 is 0. The molecule has 120 valence electrons. The van der Waals surface area contributed by atoms with Crippen LogP contribution in [0.1, 0.15) is 62.4 Å². The Morgan fingerprint density at radius 1 is 1.18 bits per heavy atom. The molecular formula is C19H27NO2. The van der Waals surface area contributed by atoms with E-state index in [0.29, 0.717) is 23.4 Å². The lowest BCUT2D eigenvalue weighted by molar-refractivity contribution is 0.0703. The molecule has 0 bridgehead atoms. The van der Waals surface area contributed by atoms with E-state index in [2.05, 4.69) is 20.8 Å². The largest absolute Gasteiger partial charge is 0.508 e. The Hall–Kier alpha value is -1.51. The Morgan fingerprint density at radius 2 is 1.86 bits per heavy atom. The van der Waals surface area contributed by atoms with Gasteiger partial charge in [0.05, 0.1) is 0 Å². The van der Waals surface area contributed by atoms with Crippen LogP contribution < -0.4 is 0 Å². The zero-order valence-electron chi connectivity index (χ0n) is 13.9. The van der Waals surface area contributed by atoms with Crippen molar-refractivity contribution >= 4 is 5.91 Å². The van der Waals surface area contributed by atoms with Gasteiger partial charge in [0.25, 0.3) is 5.91 Å². The second kappa shape index (κ2) is 5.60. The second-order valence-corrected chi connectivity index (χ2v) is 8.11. The van der Waals surface area contributed by atoms with Crippen LogP contribution in [0.15, 0.2) is 18.2 Å². The molecule has 0 atom stereocenters. The lowest BCUT2D eigenvalue weighted by Crippen LogP contribution is -2.33. The van der Waals surface area contributed by atoms with E-state index in [0.717, 1.165) is 18.0 Å². The van der Waals surface area contributed by atoms with Crippen LogP contribution in [0.5, 0.6) is 5.75 Å².